The molecular weight excluding hydrogens is 428 g/mol. The van der Waals surface area contributed by atoms with Gasteiger partial charge in [-0.05, 0) is 41.8 Å². The van der Waals surface area contributed by atoms with Crippen molar-refractivity contribution >= 4 is 17.8 Å². The van der Waals surface area contributed by atoms with E-state index in [1.54, 1.807) is 24.3 Å². The van der Waals surface area contributed by atoms with Crippen molar-refractivity contribution < 1.29 is 19.5 Å². The molecule has 6 nitrogen and oxygen atoms in total. The Morgan fingerprint density at radius 1 is 0.824 bits per heavy atom. The summed E-state index contributed by atoms with van der Waals surface area (Å²) in [6.45, 7) is 3.16. The number of rotatable bonds is 11. The van der Waals surface area contributed by atoms with Crippen LogP contribution in [-0.4, -0.2) is 40.4 Å². The van der Waals surface area contributed by atoms with E-state index in [1.807, 2.05) is 65.6 Å². The number of nitrogens with one attached hydrogen (secondary N) is 1. The Morgan fingerprint density at radius 3 is 2.03 bits per heavy atom. The molecule has 0 unspecified atom stereocenters. The van der Waals surface area contributed by atoms with E-state index in [2.05, 4.69) is 12.2 Å². The molecule has 3 rings (SSSR count). The first-order valence-electron chi connectivity index (χ1n) is 11.5. The van der Waals surface area contributed by atoms with Gasteiger partial charge in [0.05, 0.1) is 0 Å². The fraction of sp³-hybridized carbons (Fsp3) is 0.250. The molecule has 176 valence electrons. The highest BCUT2D eigenvalue weighted by Gasteiger charge is 2.21. The lowest BCUT2D eigenvalue weighted by Gasteiger charge is -2.23. The van der Waals surface area contributed by atoms with Crippen LogP contribution in [-0.2, 0) is 17.8 Å². The molecule has 0 fully saturated rings. The van der Waals surface area contributed by atoms with Gasteiger partial charge in [-0.15, -0.1) is 0 Å². The molecule has 0 saturated heterocycles. The number of carbonyl (C=O) groups excluding carboxylic acids is 2. The highest BCUT2D eigenvalue weighted by atomic mass is 16.4. The summed E-state index contributed by atoms with van der Waals surface area (Å²) in [4.78, 5) is 39.1. The molecule has 2 amide bonds. The van der Waals surface area contributed by atoms with Crippen LogP contribution in [0.15, 0.2) is 84.9 Å². The second kappa shape index (κ2) is 12.3. The second-order valence-electron chi connectivity index (χ2n) is 8.20. The van der Waals surface area contributed by atoms with Crippen LogP contribution in [0.2, 0.25) is 0 Å². The molecule has 0 radical (unpaired) electrons. The van der Waals surface area contributed by atoms with Crippen LogP contribution in [0, 0.1) is 0 Å². The van der Waals surface area contributed by atoms with Gasteiger partial charge in [0, 0.05) is 30.6 Å². The molecule has 0 aliphatic rings. The van der Waals surface area contributed by atoms with Crippen LogP contribution in [0.25, 0.3) is 0 Å². The van der Waals surface area contributed by atoms with Gasteiger partial charge in [-0.25, -0.2) is 4.79 Å². The van der Waals surface area contributed by atoms with E-state index in [0.29, 0.717) is 24.2 Å². The zero-order valence-corrected chi connectivity index (χ0v) is 19.3. The van der Waals surface area contributed by atoms with Gasteiger partial charge in [0.15, 0.2) is 0 Å². The van der Waals surface area contributed by atoms with Gasteiger partial charge < -0.3 is 15.3 Å². The Bertz CT molecular complexity index is 1080. The van der Waals surface area contributed by atoms with Crippen molar-refractivity contribution in [1.82, 2.24) is 10.2 Å². The maximum absolute atomic E-state index is 13.0. The largest absolute Gasteiger partial charge is 0.480 e. The monoisotopic (exact) mass is 458 g/mol. The molecule has 2 N–H and O–H groups in total. The van der Waals surface area contributed by atoms with E-state index in [-0.39, 0.29) is 12.3 Å². The van der Waals surface area contributed by atoms with Gasteiger partial charge in [-0.3, -0.25) is 9.59 Å². The number of carboxylic acids is 1. The zero-order chi connectivity index (χ0) is 24.3. The average Bonchev–Trinajstić information content (AvgIpc) is 2.87. The number of carboxylic acid groups (broad SMARTS) is 1. The van der Waals surface area contributed by atoms with Gasteiger partial charge >= 0.3 is 5.97 Å². The molecule has 0 aliphatic heterocycles. The van der Waals surface area contributed by atoms with Crippen molar-refractivity contribution in [3.63, 3.8) is 0 Å². The Hall–Kier alpha value is -3.93. The number of carbonyl (C=O) groups is 3. The van der Waals surface area contributed by atoms with Gasteiger partial charge in [0.2, 0.25) is 0 Å². The Kier molecular flexibility index (Phi) is 8.97. The van der Waals surface area contributed by atoms with Crippen LogP contribution in [0.3, 0.4) is 0 Å². The maximum atomic E-state index is 13.0. The van der Waals surface area contributed by atoms with Crippen LogP contribution in [0.1, 0.15) is 51.6 Å². The number of hydrogen-bond donors (Lipinski definition) is 2. The van der Waals surface area contributed by atoms with E-state index in [9.17, 15) is 19.5 Å². The van der Waals surface area contributed by atoms with Crippen molar-refractivity contribution in [2.75, 3.05) is 6.54 Å². The SMILES string of the molecule is CCCCN(Cc1ccc(C(=O)N[C@@H](Cc2ccccc2)C(=O)O)cc1)C(=O)c1ccccc1. The lowest BCUT2D eigenvalue weighted by molar-refractivity contribution is -0.139. The summed E-state index contributed by atoms with van der Waals surface area (Å²) in [7, 11) is 0. The first-order chi connectivity index (χ1) is 16.5. The van der Waals surface area contributed by atoms with Crippen molar-refractivity contribution in [2.45, 2.75) is 38.8 Å². The molecule has 34 heavy (non-hydrogen) atoms. The summed E-state index contributed by atoms with van der Waals surface area (Å²) < 4.78 is 0. The average molecular weight is 459 g/mol. The lowest BCUT2D eigenvalue weighted by Crippen LogP contribution is -2.42. The summed E-state index contributed by atoms with van der Waals surface area (Å²) >= 11 is 0. The first-order valence-corrected chi connectivity index (χ1v) is 11.5. The number of aliphatic carboxylic acids is 1. The fourth-order valence-corrected chi connectivity index (χ4v) is 3.64. The maximum Gasteiger partial charge on any atom is 0.326 e. The molecular formula is C28H30N2O4. The minimum Gasteiger partial charge on any atom is -0.480 e. The van der Waals surface area contributed by atoms with Crippen LogP contribution < -0.4 is 5.32 Å². The normalized spacial score (nSPS) is 11.4. The van der Waals surface area contributed by atoms with Gasteiger partial charge in [0.25, 0.3) is 11.8 Å². The molecule has 6 heteroatoms. The molecule has 0 spiro atoms. The summed E-state index contributed by atoms with van der Waals surface area (Å²) in [5.74, 6) is -1.56. The van der Waals surface area contributed by atoms with Crippen LogP contribution in [0.5, 0.6) is 0 Å². The zero-order valence-electron chi connectivity index (χ0n) is 19.3. The summed E-state index contributed by atoms with van der Waals surface area (Å²) in [5, 5.41) is 12.1. The lowest BCUT2D eigenvalue weighted by atomic mass is 10.0. The molecule has 0 bridgehead atoms. The molecule has 0 aromatic heterocycles. The first kappa shape index (κ1) is 24.7. The van der Waals surface area contributed by atoms with Crippen molar-refractivity contribution in [1.29, 1.82) is 0 Å². The predicted octanol–water partition coefficient (Wildman–Crippen LogP) is 4.55. The van der Waals surface area contributed by atoms with Crippen molar-refractivity contribution in [3.8, 4) is 0 Å². The molecule has 3 aromatic carbocycles. The van der Waals surface area contributed by atoms with Gasteiger partial charge in [0.1, 0.15) is 6.04 Å². The number of amides is 2. The van der Waals surface area contributed by atoms with Gasteiger partial charge in [-0.1, -0.05) is 74.0 Å². The van der Waals surface area contributed by atoms with Crippen LogP contribution in [0.4, 0.5) is 0 Å². The smallest absolute Gasteiger partial charge is 0.326 e. The van der Waals surface area contributed by atoms with E-state index in [0.717, 1.165) is 24.0 Å². The molecule has 0 saturated carbocycles. The Morgan fingerprint density at radius 2 is 1.44 bits per heavy atom. The van der Waals surface area contributed by atoms with E-state index >= 15 is 0 Å². The quantitative estimate of drug-likeness (QED) is 0.441. The fourth-order valence-electron chi connectivity index (χ4n) is 3.64. The highest BCUT2D eigenvalue weighted by Crippen LogP contribution is 2.13. The van der Waals surface area contributed by atoms with E-state index in [4.69, 9.17) is 0 Å². The second-order valence-corrected chi connectivity index (χ2v) is 8.20. The van der Waals surface area contributed by atoms with Crippen molar-refractivity contribution in [3.05, 3.63) is 107 Å². The third-order valence-corrected chi connectivity index (χ3v) is 5.57. The number of unbranched alkanes of at least 4 members (excludes halogenated alkanes) is 1. The number of benzene rings is 3. The van der Waals surface area contributed by atoms with E-state index < -0.39 is 17.9 Å². The van der Waals surface area contributed by atoms with E-state index in [1.165, 1.54) is 0 Å². The summed E-state index contributed by atoms with van der Waals surface area (Å²) in [6, 6.07) is 24.3. The predicted molar refractivity (Wildman–Crippen MR) is 132 cm³/mol. The van der Waals surface area contributed by atoms with Crippen molar-refractivity contribution in [2.24, 2.45) is 0 Å². The molecule has 1 atom stereocenters. The highest BCUT2D eigenvalue weighted by molar-refractivity contribution is 5.97. The molecule has 0 aliphatic carbocycles. The molecule has 0 heterocycles. The number of nitrogens with zero attached hydrogens (tertiary/aromatic N) is 1. The molecule has 3 aromatic rings. The Balaban J connectivity index is 1.66. The Labute approximate surface area is 200 Å². The van der Waals surface area contributed by atoms with Crippen LogP contribution >= 0.6 is 0 Å². The topological polar surface area (TPSA) is 86.7 Å². The third-order valence-electron chi connectivity index (χ3n) is 5.57. The minimum atomic E-state index is -1.08. The van der Waals surface area contributed by atoms with Gasteiger partial charge in [-0.2, -0.15) is 0 Å². The summed E-state index contributed by atoms with van der Waals surface area (Å²) in [6.07, 6.45) is 2.08. The summed E-state index contributed by atoms with van der Waals surface area (Å²) in [5.41, 5.74) is 2.75. The standard InChI is InChI=1S/C28H30N2O4/c1-2-3-18-30(27(32)24-12-8-5-9-13-24)20-22-14-16-23(17-15-22)26(31)29-25(28(33)34)19-21-10-6-4-7-11-21/h4-17,25H,2-3,18-20H2,1H3,(H,29,31)(H,33,34)/t25-/m0/s1. The number of hydrogen-bond acceptors (Lipinski definition) is 3. The third kappa shape index (κ3) is 7.04. The minimum absolute atomic E-state index is 0.0268.